The highest BCUT2D eigenvalue weighted by molar-refractivity contribution is 7.90. The van der Waals surface area contributed by atoms with E-state index in [0.717, 1.165) is 32.7 Å². The highest BCUT2D eigenvalue weighted by atomic mass is 32.2. The number of amides is 1. The minimum atomic E-state index is -3.93. The van der Waals surface area contributed by atoms with Crippen LogP contribution in [0.1, 0.15) is 31.0 Å². The fourth-order valence-electron chi connectivity index (χ4n) is 2.65. The van der Waals surface area contributed by atoms with Crippen molar-refractivity contribution >= 4 is 21.8 Å². The molecule has 0 spiro atoms. The maximum Gasteiger partial charge on any atom is 0.304 e. The SMILES string of the molecule is CCc1ccc(C(C)NC(=O)CN(c2ccc(F)cc2)S(=O)(=O)N(C)C)cc1. The molecule has 8 heteroatoms. The summed E-state index contributed by atoms with van der Waals surface area (Å²) in [4.78, 5) is 12.6. The Morgan fingerprint density at radius 3 is 2.14 bits per heavy atom. The molecule has 0 radical (unpaired) electrons. The minimum Gasteiger partial charge on any atom is -0.348 e. The number of hydrogen-bond donors (Lipinski definition) is 1. The second-order valence-corrected chi connectivity index (χ2v) is 8.72. The van der Waals surface area contributed by atoms with Crippen LogP contribution in [0.25, 0.3) is 0 Å². The van der Waals surface area contributed by atoms with Crippen LogP contribution in [-0.2, 0) is 21.4 Å². The standard InChI is InChI=1S/C20H26FN3O3S/c1-5-16-6-8-17(9-7-16)15(2)22-20(25)14-24(28(26,27)23(3)4)19-12-10-18(21)11-13-19/h6-13,15H,5,14H2,1-4H3,(H,22,25). The van der Waals surface area contributed by atoms with E-state index in [1.54, 1.807) is 0 Å². The summed E-state index contributed by atoms with van der Waals surface area (Å²) < 4.78 is 40.5. The molecule has 0 aliphatic rings. The first kappa shape index (κ1) is 21.8. The first-order valence-electron chi connectivity index (χ1n) is 8.99. The van der Waals surface area contributed by atoms with E-state index in [-0.39, 0.29) is 11.7 Å². The lowest BCUT2D eigenvalue weighted by Crippen LogP contribution is -2.46. The summed E-state index contributed by atoms with van der Waals surface area (Å²) in [5.41, 5.74) is 2.33. The van der Waals surface area contributed by atoms with Gasteiger partial charge in [-0.1, -0.05) is 31.2 Å². The molecule has 0 heterocycles. The molecule has 1 atom stereocenters. The van der Waals surface area contributed by atoms with Crippen molar-refractivity contribution in [3.63, 3.8) is 0 Å². The molecule has 0 saturated heterocycles. The lowest BCUT2D eigenvalue weighted by atomic mass is 10.1. The summed E-state index contributed by atoms with van der Waals surface area (Å²) in [5.74, 6) is -0.943. The molecule has 0 bridgehead atoms. The fourth-order valence-corrected chi connectivity index (χ4v) is 3.72. The molecular weight excluding hydrogens is 381 g/mol. The van der Waals surface area contributed by atoms with Crippen molar-refractivity contribution in [1.29, 1.82) is 0 Å². The third-order valence-corrected chi connectivity index (χ3v) is 6.23. The first-order chi connectivity index (χ1) is 13.1. The van der Waals surface area contributed by atoms with Gasteiger partial charge in [0.15, 0.2) is 0 Å². The van der Waals surface area contributed by atoms with Gasteiger partial charge < -0.3 is 5.32 Å². The molecule has 1 amide bonds. The summed E-state index contributed by atoms with van der Waals surface area (Å²) >= 11 is 0. The monoisotopic (exact) mass is 407 g/mol. The molecule has 1 N–H and O–H groups in total. The van der Waals surface area contributed by atoms with Gasteiger partial charge in [0.25, 0.3) is 0 Å². The number of carbonyl (C=O) groups is 1. The Labute approximate surface area is 166 Å². The Morgan fingerprint density at radius 2 is 1.64 bits per heavy atom. The van der Waals surface area contributed by atoms with Crippen LogP contribution in [0, 0.1) is 5.82 Å². The van der Waals surface area contributed by atoms with E-state index in [1.807, 2.05) is 31.2 Å². The average Bonchev–Trinajstić information content (AvgIpc) is 2.66. The number of nitrogens with one attached hydrogen (secondary N) is 1. The number of benzene rings is 2. The van der Waals surface area contributed by atoms with Crippen LogP contribution < -0.4 is 9.62 Å². The molecular formula is C20H26FN3O3S. The Balaban J connectivity index is 2.18. The zero-order valence-corrected chi connectivity index (χ0v) is 17.3. The number of anilines is 1. The summed E-state index contributed by atoms with van der Waals surface area (Å²) in [6.07, 6.45) is 0.927. The van der Waals surface area contributed by atoms with Crippen molar-refractivity contribution in [2.45, 2.75) is 26.3 Å². The van der Waals surface area contributed by atoms with Gasteiger partial charge in [-0.15, -0.1) is 0 Å². The molecule has 0 saturated carbocycles. The normalized spacial score (nSPS) is 12.6. The number of carbonyl (C=O) groups excluding carboxylic acids is 1. The summed E-state index contributed by atoms with van der Waals surface area (Å²) in [6.45, 7) is 3.49. The van der Waals surface area contributed by atoms with Crippen molar-refractivity contribution < 1.29 is 17.6 Å². The molecule has 2 rings (SSSR count). The van der Waals surface area contributed by atoms with Gasteiger partial charge in [-0.3, -0.25) is 4.79 Å². The van der Waals surface area contributed by atoms with Gasteiger partial charge in [-0.25, -0.2) is 8.70 Å². The van der Waals surface area contributed by atoms with Gasteiger partial charge in [-0.2, -0.15) is 12.7 Å². The van der Waals surface area contributed by atoms with Gasteiger partial charge in [0.05, 0.1) is 11.7 Å². The highest BCUT2D eigenvalue weighted by Gasteiger charge is 2.27. The minimum absolute atomic E-state index is 0.213. The maximum absolute atomic E-state index is 13.2. The van der Waals surface area contributed by atoms with E-state index in [9.17, 15) is 17.6 Å². The third-order valence-electron chi connectivity index (χ3n) is 4.41. The molecule has 0 aliphatic heterocycles. The van der Waals surface area contributed by atoms with Crippen LogP contribution in [0.4, 0.5) is 10.1 Å². The molecule has 2 aromatic rings. The highest BCUT2D eigenvalue weighted by Crippen LogP contribution is 2.20. The number of aryl methyl sites for hydroxylation is 1. The van der Waals surface area contributed by atoms with Crippen molar-refractivity contribution in [3.05, 3.63) is 65.5 Å². The Kier molecular flexibility index (Phi) is 7.15. The topological polar surface area (TPSA) is 69.7 Å². The van der Waals surface area contributed by atoms with Crippen LogP contribution >= 0.6 is 0 Å². The van der Waals surface area contributed by atoms with E-state index in [2.05, 4.69) is 12.2 Å². The maximum atomic E-state index is 13.2. The summed E-state index contributed by atoms with van der Waals surface area (Å²) in [6, 6.07) is 12.6. The molecule has 0 aliphatic carbocycles. The zero-order chi connectivity index (χ0) is 20.9. The van der Waals surface area contributed by atoms with Gasteiger partial charge >= 0.3 is 10.2 Å². The lowest BCUT2D eigenvalue weighted by Gasteiger charge is -2.27. The lowest BCUT2D eigenvalue weighted by molar-refractivity contribution is -0.120. The zero-order valence-electron chi connectivity index (χ0n) is 16.5. The van der Waals surface area contributed by atoms with Crippen LogP contribution in [0.5, 0.6) is 0 Å². The van der Waals surface area contributed by atoms with Gasteiger partial charge in [-0.05, 0) is 48.7 Å². The van der Waals surface area contributed by atoms with E-state index >= 15 is 0 Å². The van der Waals surface area contributed by atoms with Crippen molar-refractivity contribution in [1.82, 2.24) is 9.62 Å². The molecule has 0 aromatic heterocycles. The van der Waals surface area contributed by atoms with E-state index < -0.39 is 28.5 Å². The van der Waals surface area contributed by atoms with Gasteiger partial charge in [0, 0.05) is 14.1 Å². The fraction of sp³-hybridized carbons (Fsp3) is 0.350. The number of hydrogen-bond acceptors (Lipinski definition) is 3. The Bertz CT molecular complexity index is 897. The quantitative estimate of drug-likeness (QED) is 0.732. The summed E-state index contributed by atoms with van der Waals surface area (Å²) in [7, 11) is -1.17. The third kappa shape index (κ3) is 5.30. The van der Waals surface area contributed by atoms with Crippen LogP contribution in [-0.4, -0.2) is 39.3 Å². The second kappa shape index (κ2) is 9.16. The van der Waals surface area contributed by atoms with Crippen LogP contribution in [0.15, 0.2) is 48.5 Å². The first-order valence-corrected chi connectivity index (χ1v) is 10.4. The van der Waals surface area contributed by atoms with Crippen molar-refractivity contribution in [2.75, 3.05) is 24.9 Å². The molecule has 1 unspecified atom stereocenters. The number of halogens is 1. The largest absolute Gasteiger partial charge is 0.348 e. The predicted octanol–water partition coefficient (Wildman–Crippen LogP) is 2.88. The van der Waals surface area contributed by atoms with Crippen molar-refractivity contribution in [2.24, 2.45) is 0 Å². The smallest absolute Gasteiger partial charge is 0.304 e. The molecule has 152 valence electrons. The van der Waals surface area contributed by atoms with Crippen molar-refractivity contribution in [3.8, 4) is 0 Å². The van der Waals surface area contributed by atoms with Gasteiger partial charge in [0.2, 0.25) is 5.91 Å². The summed E-state index contributed by atoms with van der Waals surface area (Å²) in [5, 5.41) is 2.82. The molecule has 6 nitrogen and oxygen atoms in total. The van der Waals surface area contributed by atoms with Gasteiger partial charge in [0.1, 0.15) is 12.4 Å². The van der Waals surface area contributed by atoms with E-state index in [4.69, 9.17) is 0 Å². The number of rotatable bonds is 8. The average molecular weight is 408 g/mol. The number of nitrogens with zero attached hydrogens (tertiary/aromatic N) is 2. The second-order valence-electron chi connectivity index (χ2n) is 6.66. The van der Waals surface area contributed by atoms with E-state index in [0.29, 0.717) is 0 Å². The Hall–Kier alpha value is -2.45. The molecule has 2 aromatic carbocycles. The predicted molar refractivity (Wildman–Crippen MR) is 109 cm³/mol. The van der Waals surface area contributed by atoms with Crippen LogP contribution in [0.2, 0.25) is 0 Å². The molecule has 0 fully saturated rings. The van der Waals surface area contributed by atoms with E-state index in [1.165, 1.54) is 31.8 Å². The molecule has 28 heavy (non-hydrogen) atoms. The van der Waals surface area contributed by atoms with Crippen LogP contribution in [0.3, 0.4) is 0 Å². The Morgan fingerprint density at radius 1 is 1.07 bits per heavy atom.